The van der Waals surface area contributed by atoms with Crippen LogP contribution in [0.4, 0.5) is 10.1 Å². The maximum Gasteiger partial charge on any atom is 0.194 e. The highest BCUT2D eigenvalue weighted by Gasteiger charge is 2.21. The van der Waals surface area contributed by atoms with E-state index < -0.39 is 0 Å². The molecule has 152 valence electrons. The predicted octanol–water partition coefficient (Wildman–Crippen LogP) is 1.86. The summed E-state index contributed by atoms with van der Waals surface area (Å²) in [6, 6.07) is 7.01. The molecule has 0 radical (unpaired) electrons. The Bertz CT molecular complexity index is 589. The van der Waals surface area contributed by atoms with Crippen molar-refractivity contribution in [2.75, 3.05) is 77.0 Å². The lowest BCUT2D eigenvalue weighted by Crippen LogP contribution is -2.53. The largest absolute Gasteiger partial charge is 0.379 e. The Morgan fingerprint density at radius 1 is 1.11 bits per heavy atom. The van der Waals surface area contributed by atoms with Crippen molar-refractivity contribution in [2.24, 2.45) is 4.99 Å². The van der Waals surface area contributed by atoms with Crippen molar-refractivity contribution >= 4 is 35.6 Å². The second-order valence-corrected chi connectivity index (χ2v) is 6.62. The zero-order valence-corrected chi connectivity index (χ0v) is 18.4. The van der Waals surface area contributed by atoms with Crippen LogP contribution in [0.2, 0.25) is 0 Å². The monoisotopic (exact) mass is 491 g/mol. The normalized spacial score (nSPS) is 19.0. The van der Waals surface area contributed by atoms with Gasteiger partial charge in [-0.05, 0) is 19.1 Å². The van der Waals surface area contributed by atoms with Crippen LogP contribution in [0, 0.1) is 5.82 Å². The quantitative estimate of drug-likeness (QED) is 0.387. The maximum absolute atomic E-state index is 14.0. The maximum atomic E-state index is 14.0. The molecule has 0 amide bonds. The molecule has 0 aromatic heterocycles. The molecule has 2 aliphatic rings. The summed E-state index contributed by atoms with van der Waals surface area (Å²) in [5, 5.41) is 3.40. The first-order valence-corrected chi connectivity index (χ1v) is 9.60. The van der Waals surface area contributed by atoms with Gasteiger partial charge in [0, 0.05) is 52.4 Å². The highest BCUT2D eigenvalue weighted by atomic mass is 127. The lowest BCUT2D eigenvalue weighted by Gasteiger charge is -2.37. The van der Waals surface area contributed by atoms with Crippen LogP contribution < -0.4 is 10.2 Å². The summed E-state index contributed by atoms with van der Waals surface area (Å²) in [4.78, 5) is 11.6. The fourth-order valence-corrected chi connectivity index (χ4v) is 3.42. The molecule has 6 nitrogen and oxygen atoms in total. The van der Waals surface area contributed by atoms with E-state index in [1.54, 1.807) is 6.07 Å². The smallest absolute Gasteiger partial charge is 0.194 e. The van der Waals surface area contributed by atoms with E-state index in [1.165, 1.54) is 6.07 Å². The van der Waals surface area contributed by atoms with E-state index in [4.69, 9.17) is 9.73 Å². The van der Waals surface area contributed by atoms with E-state index in [-0.39, 0.29) is 29.8 Å². The number of benzene rings is 1. The summed E-state index contributed by atoms with van der Waals surface area (Å²) < 4.78 is 19.4. The Hall–Kier alpha value is -1.13. The van der Waals surface area contributed by atoms with Crippen LogP contribution in [0.15, 0.2) is 29.3 Å². The third-order valence-corrected chi connectivity index (χ3v) is 4.89. The molecule has 2 aliphatic heterocycles. The molecular formula is C19H31FIN5O. The zero-order chi connectivity index (χ0) is 18.2. The number of nitrogens with zero attached hydrogens (tertiary/aromatic N) is 4. The summed E-state index contributed by atoms with van der Waals surface area (Å²) >= 11 is 0. The average molecular weight is 491 g/mol. The predicted molar refractivity (Wildman–Crippen MR) is 119 cm³/mol. The molecule has 0 aliphatic carbocycles. The number of aliphatic imine (C=N–C) groups is 1. The molecule has 0 spiro atoms. The Balaban J connectivity index is 0.00000261. The Morgan fingerprint density at radius 3 is 2.48 bits per heavy atom. The molecule has 27 heavy (non-hydrogen) atoms. The number of hydrogen-bond acceptors (Lipinski definition) is 4. The number of ether oxygens (including phenoxy) is 1. The molecule has 1 N–H and O–H groups in total. The minimum absolute atomic E-state index is 0. The Labute approximate surface area is 178 Å². The zero-order valence-electron chi connectivity index (χ0n) is 16.1. The minimum atomic E-state index is -0.146. The van der Waals surface area contributed by atoms with E-state index >= 15 is 0 Å². The lowest BCUT2D eigenvalue weighted by atomic mass is 10.2. The number of anilines is 1. The molecule has 1 aromatic carbocycles. The van der Waals surface area contributed by atoms with Gasteiger partial charge in [0.1, 0.15) is 5.82 Å². The fourth-order valence-electron chi connectivity index (χ4n) is 3.42. The first-order chi connectivity index (χ1) is 12.8. The average Bonchev–Trinajstić information content (AvgIpc) is 2.69. The van der Waals surface area contributed by atoms with Gasteiger partial charge in [0.15, 0.2) is 5.96 Å². The van der Waals surface area contributed by atoms with Gasteiger partial charge in [0.25, 0.3) is 0 Å². The van der Waals surface area contributed by atoms with Gasteiger partial charge in [-0.3, -0.25) is 9.89 Å². The van der Waals surface area contributed by atoms with Crippen molar-refractivity contribution in [3.63, 3.8) is 0 Å². The van der Waals surface area contributed by atoms with E-state index in [0.717, 1.165) is 78.1 Å². The van der Waals surface area contributed by atoms with E-state index in [0.29, 0.717) is 5.69 Å². The van der Waals surface area contributed by atoms with Gasteiger partial charge in [-0.15, -0.1) is 24.0 Å². The minimum Gasteiger partial charge on any atom is -0.379 e. The first-order valence-electron chi connectivity index (χ1n) is 9.60. The SMILES string of the molecule is CCNC(=NCCN1CCOCC1)N1CCN(c2ccccc2F)CC1.I. The lowest BCUT2D eigenvalue weighted by molar-refractivity contribution is 0.0394. The standard InChI is InChI=1S/C19H30FN5O.HI/c1-2-21-19(22-7-8-23-13-15-26-16-14-23)25-11-9-24(10-12-25)18-6-4-3-5-17(18)20;/h3-6H,2,7-16H2,1H3,(H,21,22);1H. The third-order valence-electron chi connectivity index (χ3n) is 4.89. The van der Waals surface area contributed by atoms with Crippen LogP contribution in [0.1, 0.15) is 6.92 Å². The van der Waals surface area contributed by atoms with Crippen molar-refractivity contribution in [1.29, 1.82) is 0 Å². The number of halogens is 2. The molecular weight excluding hydrogens is 460 g/mol. The molecule has 8 heteroatoms. The molecule has 0 unspecified atom stereocenters. The van der Waals surface area contributed by atoms with Gasteiger partial charge in [-0.25, -0.2) is 4.39 Å². The van der Waals surface area contributed by atoms with Crippen LogP contribution in [0.5, 0.6) is 0 Å². The number of guanidine groups is 1. The number of piperazine rings is 1. The number of hydrogen-bond donors (Lipinski definition) is 1. The number of para-hydroxylation sites is 1. The van der Waals surface area contributed by atoms with Gasteiger partial charge in [0.05, 0.1) is 25.4 Å². The molecule has 2 heterocycles. The Kier molecular flexibility index (Phi) is 9.57. The van der Waals surface area contributed by atoms with Crippen molar-refractivity contribution in [3.8, 4) is 0 Å². The van der Waals surface area contributed by atoms with Gasteiger partial charge < -0.3 is 19.9 Å². The van der Waals surface area contributed by atoms with E-state index in [1.807, 2.05) is 12.1 Å². The van der Waals surface area contributed by atoms with Crippen LogP contribution >= 0.6 is 24.0 Å². The van der Waals surface area contributed by atoms with Gasteiger partial charge in [-0.2, -0.15) is 0 Å². The molecule has 1 aromatic rings. The highest BCUT2D eigenvalue weighted by molar-refractivity contribution is 14.0. The molecule has 2 saturated heterocycles. The van der Waals surface area contributed by atoms with E-state index in [2.05, 4.69) is 26.9 Å². The van der Waals surface area contributed by atoms with Crippen molar-refractivity contribution in [1.82, 2.24) is 15.1 Å². The van der Waals surface area contributed by atoms with Crippen LogP contribution in [-0.4, -0.2) is 87.9 Å². The summed E-state index contributed by atoms with van der Waals surface area (Å²) in [5.74, 6) is 0.820. The number of morpholine rings is 1. The number of rotatable bonds is 5. The molecule has 0 atom stereocenters. The topological polar surface area (TPSA) is 43.3 Å². The second-order valence-electron chi connectivity index (χ2n) is 6.62. The summed E-state index contributed by atoms with van der Waals surface area (Å²) in [6.45, 7) is 11.6. The van der Waals surface area contributed by atoms with Crippen LogP contribution in [0.25, 0.3) is 0 Å². The highest BCUT2D eigenvalue weighted by Crippen LogP contribution is 2.20. The fraction of sp³-hybridized carbons (Fsp3) is 0.632. The van der Waals surface area contributed by atoms with Crippen molar-refractivity contribution < 1.29 is 9.13 Å². The van der Waals surface area contributed by atoms with Crippen molar-refractivity contribution in [2.45, 2.75) is 6.92 Å². The third kappa shape index (κ3) is 6.46. The molecule has 3 rings (SSSR count). The van der Waals surface area contributed by atoms with Gasteiger partial charge in [-0.1, -0.05) is 12.1 Å². The summed E-state index contributed by atoms with van der Waals surface area (Å²) in [7, 11) is 0. The Morgan fingerprint density at radius 2 is 1.81 bits per heavy atom. The number of nitrogens with one attached hydrogen (secondary N) is 1. The van der Waals surface area contributed by atoms with Gasteiger partial charge in [0.2, 0.25) is 0 Å². The summed E-state index contributed by atoms with van der Waals surface area (Å²) in [6.07, 6.45) is 0. The first kappa shape index (κ1) is 22.2. The summed E-state index contributed by atoms with van der Waals surface area (Å²) in [5.41, 5.74) is 0.696. The van der Waals surface area contributed by atoms with Crippen LogP contribution in [0.3, 0.4) is 0 Å². The second kappa shape index (κ2) is 11.7. The molecule has 2 fully saturated rings. The van der Waals surface area contributed by atoms with Gasteiger partial charge >= 0.3 is 0 Å². The molecule has 0 bridgehead atoms. The van der Waals surface area contributed by atoms with E-state index in [9.17, 15) is 4.39 Å². The molecule has 0 saturated carbocycles. The van der Waals surface area contributed by atoms with Crippen LogP contribution in [-0.2, 0) is 4.74 Å². The van der Waals surface area contributed by atoms with Crippen molar-refractivity contribution in [3.05, 3.63) is 30.1 Å².